The molecule has 1 saturated heterocycles. The normalized spacial score (nSPS) is 20.1. The van der Waals surface area contributed by atoms with Gasteiger partial charge < -0.3 is 4.90 Å². The maximum Gasteiger partial charge on any atom is 0.293 e. The number of aromatic amines is 1. The minimum absolute atomic E-state index is 0.0101. The van der Waals surface area contributed by atoms with Gasteiger partial charge in [0.25, 0.3) is 5.91 Å². The van der Waals surface area contributed by atoms with E-state index >= 15 is 0 Å². The summed E-state index contributed by atoms with van der Waals surface area (Å²) in [4.78, 5) is 18.6. The quantitative estimate of drug-likeness (QED) is 0.890. The molecule has 0 bridgehead atoms. The number of rotatable bonds is 4. The highest BCUT2D eigenvalue weighted by Crippen LogP contribution is 2.22. The van der Waals surface area contributed by atoms with Crippen LogP contribution in [0.15, 0.2) is 0 Å². The van der Waals surface area contributed by atoms with Crippen molar-refractivity contribution < 1.29 is 4.79 Å². The Bertz CT molecular complexity index is 399. The topological polar surface area (TPSA) is 61.9 Å². The van der Waals surface area contributed by atoms with Gasteiger partial charge in [0.2, 0.25) is 5.82 Å². The number of piperidine rings is 1. The van der Waals surface area contributed by atoms with Gasteiger partial charge >= 0.3 is 0 Å². The molecular weight excluding hydrogens is 228 g/mol. The molecule has 0 radical (unpaired) electrons. The fraction of sp³-hybridized carbons (Fsp3) is 0.769. The predicted molar refractivity (Wildman–Crippen MR) is 69.3 cm³/mol. The van der Waals surface area contributed by atoms with Gasteiger partial charge in [0.05, 0.1) is 0 Å². The van der Waals surface area contributed by atoms with Gasteiger partial charge in [0, 0.05) is 19.0 Å². The van der Waals surface area contributed by atoms with Gasteiger partial charge in [-0.1, -0.05) is 20.3 Å². The van der Waals surface area contributed by atoms with E-state index in [-0.39, 0.29) is 5.91 Å². The molecule has 2 heterocycles. The smallest absolute Gasteiger partial charge is 0.293 e. The lowest BCUT2D eigenvalue weighted by atomic mass is 9.98. The minimum Gasteiger partial charge on any atom is -0.333 e. The van der Waals surface area contributed by atoms with Crippen molar-refractivity contribution in [3.63, 3.8) is 0 Å². The summed E-state index contributed by atoms with van der Waals surface area (Å²) in [6.07, 6.45) is 6.41. The molecule has 1 aromatic heterocycles. The van der Waals surface area contributed by atoms with E-state index in [4.69, 9.17) is 0 Å². The lowest BCUT2D eigenvalue weighted by molar-refractivity contribution is 0.0588. The van der Waals surface area contributed by atoms with Crippen LogP contribution < -0.4 is 0 Å². The first kappa shape index (κ1) is 13.1. The average Bonchev–Trinajstić information content (AvgIpc) is 2.88. The Kier molecular flexibility index (Phi) is 4.33. The van der Waals surface area contributed by atoms with Crippen LogP contribution in [0, 0.1) is 0 Å². The van der Waals surface area contributed by atoms with Crippen LogP contribution in [-0.4, -0.2) is 38.6 Å². The molecule has 1 aromatic rings. The largest absolute Gasteiger partial charge is 0.333 e. The first-order valence-electron chi connectivity index (χ1n) is 6.98. The number of carbonyl (C=O) groups is 1. The lowest BCUT2D eigenvalue weighted by Gasteiger charge is -2.35. The maximum absolute atomic E-state index is 12.4. The van der Waals surface area contributed by atoms with Crippen molar-refractivity contribution in [3.8, 4) is 0 Å². The van der Waals surface area contributed by atoms with Crippen molar-refractivity contribution in [2.45, 2.75) is 58.4 Å². The number of H-pyrrole nitrogens is 1. The number of hydrogen-bond donors (Lipinski definition) is 1. The van der Waals surface area contributed by atoms with Gasteiger partial charge in [-0.05, 0) is 25.7 Å². The van der Waals surface area contributed by atoms with Crippen molar-refractivity contribution in [2.75, 3.05) is 6.54 Å². The Morgan fingerprint density at radius 2 is 2.28 bits per heavy atom. The Morgan fingerprint density at radius 1 is 1.44 bits per heavy atom. The van der Waals surface area contributed by atoms with Crippen LogP contribution in [0.5, 0.6) is 0 Å². The molecule has 1 aliphatic rings. The number of nitrogens with zero attached hydrogens (tertiary/aromatic N) is 3. The van der Waals surface area contributed by atoms with Crippen molar-refractivity contribution in [1.29, 1.82) is 0 Å². The fourth-order valence-electron chi connectivity index (χ4n) is 2.58. The van der Waals surface area contributed by atoms with E-state index in [1.807, 2.05) is 11.8 Å². The highest BCUT2D eigenvalue weighted by atomic mass is 16.2. The highest BCUT2D eigenvalue weighted by molar-refractivity contribution is 5.90. The number of likely N-dealkylation sites (tertiary alicyclic amines) is 1. The van der Waals surface area contributed by atoms with Crippen molar-refractivity contribution in [1.82, 2.24) is 20.1 Å². The molecule has 0 aromatic carbocycles. The molecule has 1 aliphatic heterocycles. The van der Waals surface area contributed by atoms with Gasteiger partial charge in [-0.15, -0.1) is 5.10 Å². The average molecular weight is 250 g/mol. The van der Waals surface area contributed by atoms with Crippen LogP contribution in [0.2, 0.25) is 0 Å². The minimum atomic E-state index is -0.0101. The molecule has 2 rings (SSSR count). The summed E-state index contributed by atoms with van der Waals surface area (Å²) in [6, 6.07) is 0.375. The molecule has 5 nitrogen and oxygen atoms in total. The Balaban J connectivity index is 2.10. The third-order valence-corrected chi connectivity index (χ3v) is 3.57. The summed E-state index contributed by atoms with van der Waals surface area (Å²) in [6.45, 7) is 5.01. The fourth-order valence-corrected chi connectivity index (χ4v) is 2.58. The van der Waals surface area contributed by atoms with E-state index in [9.17, 15) is 4.79 Å². The third kappa shape index (κ3) is 2.71. The standard InChI is InChI=1S/C13H22N4O/c1-3-7-10-8-5-6-9-17(10)13(18)12-14-11(4-2)15-16-12/h10H,3-9H2,1-2H3,(H,14,15,16). The zero-order valence-corrected chi connectivity index (χ0v) is 11.3. The predicted octanol–water partition coefficient (Wildman–Crippen LogP) is 2.16. The molecule has 0 saturated carbocycles. The number of hydrogen-bond acceptors (Lipinski definition) is 3. The summed E-state index contributed by atoms with van der Waals surface area (Å²) in [5.41, 5.74) is 0. The van der Waals surface area contributed by atoms with Gasteiger partial charge in [0.15, 0.2) is 0 Å². The summed E-state index contributed by atoms with van der Waals surface area (Å²) < 4.78 is 0. The van der Waals surface area contributed by atoms with Gasteiger partial charge in [0.1, 0.15) is 5.82 Å². The number of nitrogens with one attached hydrogen (secondary N) is 1. The summed E-state index contributed by atoms with van der Waals surface area (Å²) in [5, 5.41) is 6.84. The van der Waals surface area contributed by atoms with Crippen molar-refractivity contribution in [2.24, 2.45) is 0 Å². The second kappa shape index (κ2) is 5.98. The van der Waals surface area contributed by atoms with Crippen LogP contribution in [0.25, 0.3) is 0 Å². The van der Waals surface area contributed by atoms with Crippen molar-refractivity contribution >= 4 is 5.91 Å². The van der Waals surface area contributed by atoms with Crippen LogP contribution >= 0.6 is 0 Å². The number of carbonyl (C=O) groups excluding carboxylic acids is 1. The van der Waals surface area contributed by atoms with Gasteiger partial charge in [-0.2, -0.15) is 0 Å². The molecule has 18 heavy (non-hydrogen) atoms. The Morgan fingerprint density at radius 3 is 2.94 bits per heavy atom. The number of amides is 1. The second-order valence-corrected chi connectivity index (χ2v) is 4.90. The van der Waals surface area contributed by atoms with E-state index in [2.05, 4.69) is 22.1 Å². The molecule has 1 amide bonds. The van der Waals surface area contributed by atoms with Gasteiger partial charge in [-0.25, -0.2) is 4.98 Å². The van der Waals surface area contributed by atoms with Crippen LogP contribution in [0.4, 0.5) is 0 Å². The molecule has 1 N–H and O–H groups in total. The molecule has 1 atom stereocenters. The van der Waals surface area contributed by atoms with Crippen LogP contribution in [0.1, 0.15) is 62.4 Å². The number of aromatic nitrogens is 3. The lowest BCUT2D eigenvalue weighted by Crippen LogP contribution is -2.44. The van der Waals surface area contributed by atoms with E-state index < -0.39 is 0 Å². The van der Waals surface area contributed by atoms with Crippen molar-refractivity contribution in [3.05, 3.63) is 11.6 Å². The molecule has 1 unspecified atom stereocenters. The summed E-state index contributed by atoms with van der Waals surface area (Å²) in [7, 11) is 0. The zero-order chi connectivity index (χ0) is 13.0. The first-order chi connectivity index (χ1) is 8.76. The van der Waals surface area contributed by atoms with Gasteiger partial charge in [-0.3, -0.25) is 9.89 Å². The van der Waals surface area contributed by atoms with E-state index in [0.29, 0.717) is 11.9 Å². The molecule has 0 aliphatic carbocycles. The van der Waals surface area contributed by atoms with E-state index in [1.54, 1.807) is 0 Å². The molecule has 0 spiro atoms. The SMILES string of the molecule is CCCC1CCCCN1C(=O)c1n[nH]c(CC)n1. The maximum atomic E-state index is 12.4. The highest BCUT2D eigenvalue weighted by Gasteiger charge is 2.28. The third-order valence-electron chi connectivity index (χ3n) is 3.57. The van der Waals surface area contributed by atoms with Crippen LogP contribution in [-0.2, 0) is 6.42 Å². The summed E-state index contributed by atoms with van der Waals surface area (Å²) >= 11 is 0. The molecular formula is C13H22N4O. The molecule has 100 valence electrons. The number of aryl methyl sites for hydroxylation is 1. The summed E-state index contributed by atoms with van der Waals surface area (Å²) in [5.74, 6) is 1.10. The first-order valence-corrected chi connectivity index (χ1v) is 6.98. The Labute approximate surface area is 108 Å². The molecule has 1 fully saturated rings. The van der Waals surface area contributed by atoms with E-state index in [0.717, 1.165) is 44.5 Å². The molecule has 5 heteroatoms. The second-order valence-electron chi connectivity index (χ2n) is 4.90. The van der Waals surface area contributed by atoms with E-state index in [1.165, 1.54) is 6.42 Å². The zero-order valence-electron chi connectivity index (χ0n) is 11.3. The Hall–Kier alpha value is -1.39. The van der Waals surface area contributed by atoms with Crippen LogP contribution in [0.3, 0.4) is 0 Å². The monoisotopic (exact) mass is 250 g/mol.